The van der Waals surface area contributed by atoms with E-state index in [-0.39, 0.29) is 5.91 Å². The lowest BCUT2D eigenvalue weighted by Gasteiger charge is -2.08. The van der Waals surface area contributed by atoms with Crippen LogP contribution in [0.2, 0.25) is 0 Å². The number of nitrogens with one attached hydrogen (secondary N) is 1. The number of aryl methyl sites for hydroxylation is 1. The van der Waals surface area contributed by atoms with E-state index >= 15 is 0 Å². The Hall–Kier alpha value is -2.10. The van der Waals surface area contributed by atoms with Crippen molar-refractivity contribution in [3.8, 4) is 5.69 Å². The second-order valence-electron chi connectivity index (χ2n) is 6.46. The number of hydrogen-bond donors (Lipinski definition) is 1. The third-order valence-corrected chi connectivity index (χ3v) is 4.06. The zero-order valence-corrected chi connectivity index (χ0v) is 14.6. The average molecular weight is 313 g/mol. The highest BCUT2D eigenvalue weighted by Gasteiger charge is 2.15. The molecule has 23 heavy (non-hydrogen) atoms. The van der Waals surface area contributed by atoms with E-state index in [4.69, 9.17) is 0 Å². The molecule has 0 atom stereocenters. The van der Waals surface area contributed by atoms with Gasteiger partial charge in [0, 0.05) is 17.8 Å². The molecule has 1 amide bonds. The molecule has 0 saturated heterocycles. The normalized spacial score (nSPS) is 11.0. The van der Waals surface area contributed by atoms with Crippen LogP contribution < -0.4 is 5.32 Å². The zero-order valence-electron chi connectivity index (χ0n) is 14.6. The van der Waals surface area contributed by atoms with E-state index < -0.39 is 0 Å². The van der Waals surface area contributed by atoms with Crippen LogP contribution in [-0.4, -0.2) is 22.2 Å². The van der Waals surface area contributed by atoms with Crippen LogP contribution in [0, 0.1) is 19.8 Å². The number of nitrogens with zero attached hydrogens (tertiary/aromatic N) is 2. The van der Waals surface area contributed by atoms with Crippen molar-refractivity contribution in [1.29, 1.82) is 0 Å². The van der Waals surface area contributed by atoms with Gasteiger partial charge < -0.3 is 5.32 Å². The Morgan fingerprint density at radius 3 is 2.57 bits per heavy atom. The van der Waals surface area contributed by atoms with Crippen molar-refractivity contribution >= 4 is 5.91 Å². The van der Waals surface area contributed by atoms with E-state index in [0.717, 1.165) is 42.0 Å². The fraction of sp³-hybridized carbons (Fsp3) is 0.474. The summed E-state index contributed by atoms with van der Waals surface area (Å²) >= 11 is 0. The SMILES string of the molecule is Cc1nn(-c2ccccc2)c(C)c1CC(=O)NCCCC(C)C. The molecule has 0 aliphatic heterocycles. The molecule has 1 heterocycles. The highest BCUT2D eigenvalue weighted by Crippen LogP contribution is 2.18. The molecule has 2 aromatic rings. The molecule has 0 saturated carbocycles. The fourth-order valence-corrected chi connectivity index (χ4v) is 2.71. The van der Waals surface area contributed by atoms with Gasteiger partial charge in [-0.25, -0.2) is 4.68 Å². The maximum absolute atomic E-state index is 12.2. The molecular weight excluding hydrogens is 286 g/mol. The first kappa shape index (κ1) is 17.3. The van der Waals surface area contributed by atoms with Gasteiger partial charge in [0.25, 0.3) is 0 Å². The van der Waals surface area contributed by atoms with Crippen molar-refractivity contribution in [1.82, 2.24) is 15.1 Å². The number of rotatable bonds is 7. The number of carbonyl (C=O) groups is 1. The second-order valence-corrected chi connectivity index (χ2v) is 6.46. The Morgan fingerprint density at radius 1 is 1.22 bits per heavy atom. The molecule has 0 aliphatic rings. The minimum Gasteiger partial charge on any atom is -0.356 e. The highest BCUT2D eigenvalue weighted by atomic mass is 16.1. The van der Waals surface area contributed by atoms with Crippen molar-refractivity contribution < 1.29 is 4.79 Å². The molecular formula is C19H27N3O. The molecule has 0 aliphatic carbocycles. The zero-order chi connectivity index (χ0) is 16.8. The van der Waals surface area contributed by atoms with Gasteiger partial charge in [0.1, 0.15) is 0 Å². The molecule has 0 unspecified atom stereocenters. The molecule has 0 radical (unpaired) electrons. The second kappa shape index (κ2) is 7.95. The van der Waals surface area contributed by atoms with Crippen LogP contribution >= 0.6 is 0 Å². The Bertz CT molecular complexity index is 644. The molecule has 2 rings (SSSR count). The van der Waals surface area contributed by atoms with Crippen LogP contribution in [0.15, 0.2) is 30.3 Å². The molecule has 1 aromatic carbocycles. The van der Waals surface area contributed by atoms with Gasteiger partial charge >= 0.3 is 0 Å². The summed E-state index contributed by atoms with van der Waals surface area (Å²) in [6.07, 6.45) is 2.57. The van der Waals surface area contributed by atoms with E-state index in [2.05, 4.69) is 24.3 Å². The lowest BCUT2D eigenvalue weighted by Crippen LogP contribution is -2.26. The van der Waals surface area contributed by atoms with Crippen LogP contribution in [0.4, 0.5) is 0 Å². The Kier molecular flexibility index (Phi) is 5.97. The van der Waals surface area contributed by atoms with Crippen molar-refractivity contribution in [2.75, 3.05) is 6.54 Å². The highest BCUT2D eigenvalue weighted by molar-refractivity contribution is 5.79. The number of para-hydroxylation sites is 1. The molecule has 1 aromatic heterocycles. The third kappa shape index (κ3) is 4.68. The smallest absolute Gasteiger partial charge is 0.224 e. The summed E-state index contributed by atoms with van der Waals surface area (Å²) in [5, 5.41) is 7.60. The summed E-state index contributed by atoms with van der Waals surface area (Å²) in [6.45, 7) is 9.14. The minimum atomic E-state index is 0.0765. The van der Waals surface area contributed by atoms with Crippen LogP contribution in [0.1, 0.15) is 43.6 Å². The summed E-state index contributed by atoms with van der Waals surface area (Å²) in [5.41, 5.74) is 4.00. The van der Waals surface area contributed by atoms with Gasteiger partial charge in [-0.2, -0.15) is 5.10 Å². The Balaban J connectivity index is 2.01. The van der Waals surface area contributed by atoms with Gasteiger partial charge in [0.15, 0.2) is 0 Å². The minimum absolute atomic E-state index is 0.0765. The summed E-state index contributed by atoms with van der Waals surface area (Å²) < 4.78 is 1.91. The van der Waals surface area contributed by atoms with E-state index in [0.29, 0.717) is 12.3 Å². The molecule has 4 nitrogen and oxygen atoms in total. The van der Waals surface area contributed by atoms with Crippen molar-refractivity contribution in [3.05, 3.63) is 47.3 Å². The largest absolute Gasteiger partial charge is 0.356 e. The summed E-state index contributed by atoms with van der Waals surface area (Å²) in [4.78, 5) is 12.2. The first-order chi connectivity index (χ1) is 11.0. The van der Waals surface area contributed by atoms with Crippen molar-refractivity contribution in [2.24, 2.45) is 5.92 Å². The van der Waals surface area contributed by atoms with E-state index in [1.54, 1.807) is 0 Å². The standard InChI is InChI=1S/C19H27N3O/c1-14(2)9-8-12-20-19(23)13-18-15(3)21-22(16(18)4)17-10-6-5-7-11-17/h5-7,10-11,14H,8-9,12-13H2,1-4H3,(H,20,23). The average Bonchev–Trinajstić information content (AvgIpc) is 2.80. The summed E-state index contributed by atoms with van der Waals surface area (Å²) in [7, 11) is 0. The number of hydrogen-bond acceptors (Lipinski definition) is 2. The summed E-state index contributed by atoms with van der Waals surface area (Å²) in [5.74, 6) is 0.757. The van der Waals surface area contributed by atoms with Crippen LogP contribution in [0.5, 0.6) is 0 Å². The molecule has 0 fully saturated rings. The number of amides is 1. The maximum atomic E-state index is 12.2. The predicted octanol–water partition coefficient (Wildman–Crippen LogP) is 3.58. The molecule has 124 valence electrons. The van der Waals surface area contributed by atoms with Gasteiger partial charge in [-0.3, -0.25) is 4.79 Å². The Morgan fingerprint density at radius 2 is 1.91 bits per heavy atom. The predicted molar refractivity (Wildman–Crippen MR) is 93.8 cm³/mol. The van der Waals surface area contributed by atoms with Crippen molar-refractivity contribution in [3.63, 3.8) is 0 Å². The van der Waals surface area contributed by atoms with Crippen LogP contribution in [0.3, 0.4) is 0 Å². The van der Waals surface area contributed by atoms with Gasteiger partial charge in [0.2, 0.25) is 5.91 Å². The first-order valence-electron chi connectivity index (χ1n) is 8.36. The fourth-order valence-electron chi connectivity index (χ4n) is 2.71. The van der Waals surface area contributed by atoms with Crippen LogP contribution in [-0.2, 0) is 11.2 Å². The van der Waals surface area contributed by atoms with E-state index in [1.807, 2.05) is 48.9 Å². The van der Waals surface area contributed by atoms with Gasteiger partial charge in [-0.05, 0) is 44.7 Å². The molecule has 0 spiro atoms. The number of aromatic nitrogens is 2. The van der Waals surface area contributed by atoms with Gasteiger partial charge in [-0.15, -0.1) is 0 Å². The number of carbonyl (C=O) groups excluding carboxylic acids is 1. The Labute approximate surface area is 138 Å². The van der Waals surface area contributed by atoms with Gasteiger partial charge in [0.05, 0.1) is 17.8 Å². The number of benzene rings is 1. The maximum Gasteiger partial charge on any atom is 0.224 e. The first-order valence-corrected chi connectivity index (χ1v) is 8.36. The molecule has 4 heteroatoms. The van der Waals surface area contributed by atoms with E-state index in [1.165, 1.54) is 0 Å². The molecule has 1 N–H and O–H groups in total. The van der Waals surface area contributed by atoms with Crippen molar-refractivity contribution in [2.45, 2.75) is 47.0 Å². The third-order valence-electron chi connectivity index (χ3n) is 4.06. The quantitative estimate of drug-likeness (QED) is 0.794. The van der Waals surface area contributed by atoms with E-state index in [9.17, 15) is 4.79 Å². The van der Waals surface area contributed by atoms with Crippen LogP contribution in [0.25, 0.3) is 5.69 Å². The monoisotopic (exact) mass is 313 g/mol. The molecule has 0 bridgehead atoms. The lowest BCUT2D eigenvalue weighted by molar-refractivity contribution is -0.120. The summed E-state index contributed by atoms with van der Waals surface area (Å²) in [6, 6.07) is 10.0. The lowest BCUT2D eigenvalue weighted by atomic mass is 10.1. The topological polar surface area (TPSA) is 46.9 Å². The van der Waals surface area contributed by atoms with Gasteiger partial charge in [-0.1, -0.05) is 32.0 Å².